The summed E-state index contributed by atoms with van der Waals surface area (Å²) in [4.78, 5) is 11.2. The smallest absolute Gasteiger partial charge is 0.323 e. The summed E-state index contributed by atoms with van der Waals surface area (Å²) < 4.78 is 31.1. The van der Waals surface area contributed by atoms with Crippen molar-refractivity contribution in [3.8, 4) is 0 Å². The third kappa shape index (κ3) is 3.82. The number of carbonyl (C=O) groups is 1. The van der Waals surface area contributed by atoms with Crippen LogP contribution in [0.5, 0.6) is 0 Å². The fourth-order valence-electron chi connectivity index (χ4n) is 1.42. The standard InChI is InChI=1S/C11H15ClN2O4S/c1-3-18-11(15)7(2)14-19(16,17)10-8(12)5-4-6-9(10)13/h4-7,14H,3,13H2,1-2H3. The molecular formula is C11H15ClN2O4S. The van der Waals surface area contributed by atoms with Gasteiger partial charge in [-0.3, -0.25) is 4.79 Å². The van der Waals surface area contributed by atoms with Crippen molar-refractivity contribution in [2.24, 2.45) is 0 Å². The van der Waals surface area contributed by atoms with Gasteiger partial charge in [0.05, 0.1) is 17.3 Å². The van der Waals surface area contributed by atoms with E-state index in [4.69, 9.17) is 22.1 Å². The second-order valence-electron chi connectivity index (χ2n) is 3.75. The van der Waals surface area contributed by atoms with E-state index in [1.165, 1.54) is 25.1 Å². The van der Waals surface area contributed by atoms with Gasteiger partial charge >= 0.3 is 5.97 Å². The second-order valence-corrected chi connectivity index (χ2v) is 5.81. The number of esters is 1. The van der Waals surface area contributed by atoms with Crippen LogP contribution in [0.3, 0.4) is 0 Å². The fraction of sp³-hybridized carbons (Fsp3) is 0.364. The number of sulfonamides is 1. The highest BCUT2D eigenvalue weighted by Gasteiger charge is 2.26. The predicted molar refractivity (Wildman–Crippen MR) is 72.3 cm³/mol. The van der Waals surface area contributed by atoms with Gasteiger partial charge < -0.3 is 10.5 Å². The van der Waals surface area contributed by atoms with E-state index in [9.17, 15) is 13.2 Å². The molecule has 3 N–H and O–H groups in total. The first kappa shape index (κ1) is 15.7. The summed E-state index contributed by atoms with van der Waals surface area (Å²) in [7, 11) is -3.99. The van der Waals surface area contributed by atoms with Crippen molar-refractivity contribution in [1.29, 1.82) is 0 Å². The van der Waals surface area contributed by atoms with Crippen LogP contribution in [0.4, 0.5) is 5.69 Å². The lowest BCUT2D eigenvalue weighted by molar-refractivity contribution is -0.144. The molecule has 0 spiro atoms. The van der Waals surface area contributed by atoms with E-state index in [1.807, 2.05) is 0 Å². The van der Waals surface area contributed by atoms with E-state index in [-0.39, 0.29) is 22.2 Å². The zero-order valence-corrected chi connectivity index (χ0v) is 12.1. The van der Waals surface area contributed by atoms with Crippen LogP contribution in [-0.4, -0.2) is 27.0 Å². The normalized spacial score (nSPS) is 13.0. The zero-order valence-electron chi connectivity index (χ0n) is 10.5. The molecule has 8 heteroatoms. The van der Waals surface area contributed by atoms with Gasteiger partial charge in [0, 0.05) is 0 Å². The molecule has 0 aromatic heterocycles. The number of hydrogen-bond acceptors (Lipinski definition) is 5. The van der Waals surface area contributed by atoms with Crippen LogP contribution in [0, 0.1) is 0 Å². The fourth-order valence-corrected chi connectivity index (χ4v) is 3.29. The van der Waals surface area contributed by atoms with Crippen LogP contribution < -0.4 is 10.5 Å². The van der Waals surface area contributed by atoms with Gasteiger partial charge in [-0.1, -0.05) is 17.7 Å². The van der Waals surface area contributed by atoms with Crippen molar-refractivity contribution in [3.05, 3.63) is 23.2 Å². The molecule has 0 saturated carbocycles. The van der Waals surface area contributed by atoms with Crippen molar-refractivity contribution in [3.63, 3.8) is 0 Å². The summed E-state index contributed by atoms with van der Waals surface area (Å²) in [5, 5.41) is -0.0106. The molecule has 0 amide bonds. The van der Waals surface area contributed by atoms with E-state index in [1.54, 1.807) is 6.92 Å². The molecular weight excluding hydrogens is 292 g/mol. The molecule has 1 rings (SSSR count). The summed E-state index contributed by atoms with van der Waals surface area (Å²) in [6, 6.07) is 3.32. The van der Waals surface area contributed by atoms with Gasteiger partial charge in [0.25, 0.3) is 0 Å². The first-order valence-electron chi connectivity index (χ1n) is 5.52. The summed E-state index contributed by atoms with van der Waals surface area (Å²) in [5.41, 5.74) is 5.61. The lowest BCUT2D eigenvalue weighted by atomic mass is 10.3. The number of hydrogen-bond donors (Lipinski definition) is 2. The third-order valence-electron chi connectivity index (χ3n) is 2.24. The molecule has 0 saturated heterocycles. The van der Waals surface area contributed by atoms with Crippen LogP contribution in [0.2, 0.25) is 5.02 Å². The number of rotatable bonds is 5. The van der Waals surface area contributed by atoms with Gasteiger partial charge in [-0.15, -0.1) is 0 Å². The Morgan fingerprint density at radius 3 is 2.68 bits per heavy atom. The minimum atomic E-state index is -3.99. The maximum atomic E-state index is 12.1. The van der Waals surface area contributed by atoms with Gasteiger partial charge in [0.2, 0.25) is 10.0 Å². The maximum absolute atomic E-state index is 12.1. The molecule has 0 heterocycles. The summed E-state index contributed by atoms with van der Waals surface area (Å²) in [5.74, 6) is -0.670. The van der Waals surface area contributed by atoms with Crippen molar-refractivity contribution in [2.75, 3.05) is 12.3 Å². The Bertz CT molecular complexity index is 554. The Balaban J connectivity index is 3.03. The van der Waals surface area contributed by atoms with Crippen molar-refractivity contribution < 1.29 is 17.9 Å². The Kier molecular flexibility index (Phi) is 5.16. The minimum Gasteiger partial charge on any atom is -0.465 e. The predicted octanol–water partition coefficient (Wildman–Crippen LogP) is 1.15. The quantitative estimate of drug-likeness (QED) is 0.628. The summed E-state index contributed by atoms with van der Waals surface area (Å²) >= 11 is 5.82. The third-order valence-corrected chi connectivity index (χ3v) is 4.32. The molecule has 0 radical (unpaired) electrons. The number of carbonyl (C=O) groups excluding carboxylic acids is 1. The molecule has 1 unspecified atom stereocenters. The lowest BCUT2D eigenvalue weighted by Crippen LogP contribution is -2.39. The molecule has 0 fully saturated rings. The van der Waals surface area contributed by atoms with Gasteiger partial charge in [0.15, 0.2) is 0 Å². The molecule has 0 aliphatic rings. The molecule has 0 aliphatic heterocycles. The van der Waals surface area contributed by atoms with Gasteiger partial charge in [0.1, 0.15) is 10.9 Å². The Morgan fingerprint density at radius 2 is 2.16 bits per heavy atom. The number of nitrogens with two attached hydrogens (primary N) is 1. The second kappa shape index (κ2) is 6.23. The zero-order chi connectivity index (χ0) is 14.6. The van der Waals surface area contributed by atoms with E-state index >= 15 is 0 Å². The molecule has 1 aromatic carbocycles. The number of nitrogen functional groups attached to an aromatic ring is 1. The topological polar surface area (TPSA) is 98.5 Å². The first-order chi connectivity index (χ1) is 8.79. The average Bonchev–Trinajstić information content (AvgIpc) is 2.27. The van der Waals surface area contributed by atoms with Crippen LogP contribution in [-0.2, 0) is 19.6 Å². The minimum absolute atomic E-state index is 0.0102. The number of anilines is 1. The molecule has 0 bridgehead atoms. The highest BCUT2D eigenvalue weighted by molar-refractivity contribution is 7.89. The van der Waals surface area contributed by atoms with E-state index in [0.29, 0.717) is 0 Å². The highest BCUT2D eigenvalue weighted by Crippen LogP contribution is 2.26. The van der Waals surface area contributed by atoms with Crippen LogP contribution >= 0.6 is 11.6 Å². The molecule has 6 nitrogen and oxygen atoms in total. The SMILES string of the molecule is CCOC(=O)C(C)NS(=O)(=O)c1c(N)cccc1Cl. The summed E-state index contributed by atoms with van der Waals surface area (Å²) in [6.07, 6.45) is 0. The molecule has 106 valence electrons. The monoisotopic (exact) mass is 306 g/mol. The van der Waals surface area contributed by atoms with Gasteiger partial charge in [-0.25, -0.2) is 8.42 Å². The maximum Gasteiger partial charge on any atom is 0.323 e. The Hall–Kier alpha value is -1.31. The number of ether oxygens (including phenoxy) is 1. The van der Waals surface area contributed by atoms with Crippen molar-refractivity contribution in [1.82, 2.24) is 4.72 Å². The van der Waals surface area contributed by atoms with E-state index < -0.39 is 22.0 Å². The van der Waals surface area contributed by atoms with Crippen LogP contribution in [0.1, 0.15) is 13.8 Å². The molecule has 19 heavy (non-hydrogen) atoms. The van der Waals surface area contributed by atoms with Crippen molar-refractivity contribution in [2.45, 2.75) is 24.8 Å². The number of benzene rings is 1. The average molecular weight is 307 g/mol. The largest absolute Gasteiger partial charge is 0.465 e. The lowest BCUT2D eigenvalue weighted by Gasteiger charge is -2.15. The van der Waals surface area contributed by atoms with Crippen LogP contribution in [0.25, 0.3) is 0 Å². The molecule has 1 aromatic rings. The van der Waals surface area contributed by atoms with Crippen LogP contribution in [0.15, 0.2) is 23.1 Å². The number of halogens is 1. The van der Waals surface area contributed by atoms with Gasteiger partial charge in [-0.05, 0) is 26.0 Å². The number of nitrogens with one attached hydrogen (secondary N) is 1. The highest BCUT2D eigenvalue weighted by atomic mass is 35.5. The molecule has 0 aliphatic carbocycles. The summed E-state index contributed by atoms with van der Waals surface area (Å²) in [6.45, 7) is 3.17. The Morgan fingerprint density at radius 1 is 1.53 bits per heavy atom. The van der Waals surface area contributed by atoms with Crippen molar-refractivity contribution >= 4 is 33.3 Å². The first-order valence-corrected chi connectivity index (χ1v) is 7.38. The Labute approximate surface area is 116 Å². The van der Waals surface area contributed by atoms with E-state index in [2.05, 4.69) is 4.72 Å². The molecule has 1 atom stereocenters. The van der Waals surface area contributed by atoms with E-state index in [0.717, 1.165) is 0 Å². The van der Waals surface area contributed by atoms with Gasteiger partial charge in [-0.2, -0.15) is 4.72 Å².